The normalized spacial score (nSPS) is 12.9. The molecular formula is C19H25F3IN3O3. The van der Waals surface area contributed by atoms with Gasteiger partial charge in [0.25, 0.3) is 0 Å². The largest absolute Gasteiger partial charge is 0.467 e. The maximum Gasteiger partial charge on any atom is 0.411 e. The van der Waals surface area contributed by atoms with Gasteiger partial charge in [0, 0.05) is 6.54 Å². The van der Waals surface area contributed by atoms with E-state index in [-0.39, 0.29) is 37.1 Å². The smallest absolute Gasteiger partial charge is 0.411 e. The minimum absolute atomic E-state index is 0. The standard InChI is InChI=1S/C19H24F3N3O3.HI/c1-2-23-18(25-11-16(26)17-4-3-9-28-17)24-10-14-5-7-15(8-6-14)12-27-13-19(20,21)22;/h3-9,16,26H,2,10-13H2,1H3,(H2,23,24,25);1H. The van der Waals surface area contributed by atoms with E-state index in [1.165, 1.54) is 6.26 Å². The molecule has 1 aromatic carbocycles. The molecule has 0 aliphatic carbocycles. The van der Waals surface area contributed by atoms with E-state index < -0.39 is 18.9 Å². The summed E-state index contributed by atoms with van der Waals surface area (Å²) >= 11 is 0. The molecule has 0 amide bonds. The van der Waals surface area contributed by atoms with E-state index >= 15 is 0 Å². The van der Waals surface area contributed by atoms with E-state index in [4.69, 9.17) is 4.42 Å². The molecule has 0 saturated carbocycles. The van der Waals surface area contributed by atoms with Crippen LogP contribution in [0, 0.1) is 0 Å². The van der Waals surface area contributed by atoms with Crippen LogP contribution < -0.4 is 10.6 Å². The van der Waals surface area contributed by atoms with Crippen LogP contribution in [0.1, 0.15) is 29.9 Å². The summed E-state index contributed by atoms with van der Waals surface area (Å²) in [5.41, 5.74) is 1.55. The van der Waals surface area contributed by atoms with E-state index in [1.54, 1.807) is 36.4 Å². The molecule has 0 fully saturated rings. The third-order valence-electron chi connectivity index (χ3n) is 3.66. The average molecular weight is 527 g/mol. The number of rotatable bonds is 9. The first-order chi connectivity index (χ1) is 13.4. The Morgan fingerprint density at radius 2 is 1.86 bits per heavy atom. The molecule has 0 aliphatic rings. The summed E-state index contributed by atoms with van der Waals surface area (Å²) in [4.78, 5) is 4.43. The molecule has 0 aliphatic heterocycles. The van der Waals surface area contributed by atoms with Gasteiger partial charge in [-0.1, -0.05) is 24.3 Å². The van der Waals surface area contributed by atoms with Crippen LogP contribution >= 0.6 is 24.0 Å². The molecule has 10 heteroatoms. The van der Waals surface area contributed by atoms with Crippen molar-refractivity contribution in [3.05, 3.63) is 59.5 Å². The van der Waals surface area contributed by atoms with Crippen molar-refractivity contribution in [2.75, 3.05) is 19.7 Å². The Morgan fingerprint density at radius 3 is 2.45 bits per heavy atom. The Morgan fingerprint density at radius 1 is 1.17 bits per heavy atom. The van der Waals surface area contributed by atoms with Crippen molar-refractivity contribution >= 4 is 29.9 Å². The van der Waals surface area contributed by atoms with Gasteiger partial charge in [0.2, 0.25) is 0 Å². The lowest BCUT2D eigenvalue weighted by atomic mass is 10.1. The van der Waals surface area contributed by atoms with Crippen LogP contribution in [0.5, 0.6) is 0 Å². The molecule has 0 spiro atoms. The van der Waals surface area contributed by atoms with E-state index in [9.17, 15) is 18.3 Å². The van der Waals surface area contributed by atoms with Crippen LogP contribution in [0.15, 0.2) is 52.1 Å². The van der Waals surface area contributed by atoms with Crippen molar-refractivity contribution < 1.29 is 27.4 Å². The Kier molecular flexibility index (Phi) is 11.1. The molecule has 0 bridgehead atoms. The highest BCUT2D eigenvalue weighted by Gasteiger charge is 2.27. The van der Waals surface area contributed by atoms with Crippen molar-refractivity contribution in [2.45, 2.75) is 32.4 Å². The zero-order valence-corrected chi connectivity index (χ0v) is 18.2. The summed E-state index contributed by atoms with van der Waals surface area (Å²) in [6.45, 7) is 1.82. The molecule has 1 atom stereocenters. The maximum absolute atomic E-state index is 12.1. The number of nitrogens with zero attached hydrogens (tertiary/aromatic N) is 1. The number of hydrogen-bond donors (Lipinski definition) is 3. The summed E-state index contributed by atoms with van der Waals surface area (Å²) in [6, 6.07) is 10.4. The highest BCUT2D eigenvalue weighted by atomic mass is 127. The number of hydrogen-bond acceptors (Lipinski definition) is 4. The predicted octanol–water partition coefficient (Wildman–Crippen LogP) is 3.77. The van der Waals surface area contributed by atoms with Crippen LogP contribution in [0.3, 0.4) is 0 Å². The van der Waals surface area contributed by atoms with Crippen molar-refractivity contribution in [1.29, 1.82) is 0 Å². The fourth-order valence-corrected chi connectivity index (χ4v) is 2.31. The number of aliphatic hydroxyl groups excluding tert-OH is 1. The van der Waals surface area contributed by atoms with Gasteiger partial charge < -0.3 is 24.9 Å². The molecular weight excluding hydrogens is 502 g/mol. The van der Waals surface area contributed by atoms with Gasteiger partial charge >= 0.3 is 6.18 Å². The van der Waals surface area contributed by atoms with Crippen LogP contribution in [0.2, 0.25) is 0 Å². The second-order valence-corrected chi connectivity index (χ2v) is 6.03. The summed E-state index contributed by atoms with van der Waals surface area (Å²) in [7, 11) is 0. The molecule has 1 aromatic heterocycles. The van der Waals surface area contributed by atoms with E-state index in [1.807, 2.05) is 6.92 Å². The summed E-state index contributed by atoms with van der Waals surface area (Å²) in [5, 5.41) is 16.2. The highest BCUT2D eigenvalue weighted by molar-refractivity contribution is 14.0. The minimum Gasteiger partial charge on any atom is -0.467 e. The minimum atomic E-state index is -4.32. The second kappa shape index (κ2) is 12.7. The van der Waals surface area contributed by atoms with Gasteiger partial charge in [0.15, 0.2) is 5.96 Å². The van der Waals surface area contributed by atoms with Crippen LogP contribution in [-0.4, -0.2) is 36.9 Å². The summed E-state index contributed by atoms with van der Waals surface area (Å²) in [6.07, 6.45) is -3.63. The van der Waals surface area contributed by atoms with Crippen LogP contribution in [0.25, 0.3) is 0 Å². The topological polar surface area (TPSA) is 79.0 Å². The fourth-order valence-electron chi connectivity index (χ4n) is 2.31. The number of benzene rings is 1. The van der Waals surface area contributed by atoms with Crippen molar-refractivity contribution in [3.8, 4) is 0 Å². The van der Waals surface area contributed by atoms with Gasteiger partial charge in [-0.05, 0) is 30.2 Å². The zero-order valence-electron chi connectivity index (χ0n) is 15.9. The van der Waals surface area contributed by atoms with Crippen LogP contribution in [-0.2, 0) is 17.9 Å². The Bertz CT molecular complexity index is 723. The van der Waals surface area contributed by atoms with Gasteiger partial charge in [-0.2, -0.15) is 13.2 Å². The Balaban J connectivity index is 0.00000420. The van der Waals surface area contributed by atoms with E-state index in [0.29, 0.717) is 30.4 Å². The quantitative estimate of drug-likeness (QED) is 0.263. The maximum atomic E-state index is 12.1. The number of guanidine groups is 1. The third kappa shape index (κ3) is 9.99. The van der Waals surface area contributed by atoms with Crippen molar-refractivity contribution in [3.63, 3.8) is 0 Å². The second-order valence-electron chi connectivity index (χ2n) is 6.03. The van der Waals surface area contributed by atoms with Crippen LogP contribution in [0.4, 0.5) is 13.2 Å². The lowest BCUT2D eigenvalue weighted by Gasteiger charge is -2.14. The number of halogens is 4. The first-order valence-electron chi connectivity index (χ1n) is 8.83. The molecule has 2 aromatic rings. The molecule has 0 radical (unpaired) electrons. The lowest BCUT2D eigenvalue weighted by Crippen LogP contribution is -2.39. The molecule has 6 nitrogen and oxygen atoms in total. The molecule has 29 heavy (non-hydrogen) atoms. The monoisotopic (exact) mass is 527 g/mol. The Labute approximate surface area is 184 Å². The number of nitrogens with one attached hydrogen (secondary N) is 2. The first kappa shape index (κ1) is 25.2. The third-order valence-corrected chi connectivity index (χ3v) is 3.66. The lowest BCUT2D eigenvalue weighted by molar-refractivity contribution is -0.176. The van der Waals surface area contributed by atoms with Gasteiger partial charge in [0.1, 0.15) is 18.5 Å². The highest BCUT2D eigenvalue weighted by Crippen LogP contribution is 2.16. The number of alkyl halides is 3. The first-order valence-corrected chi connectivity index (χ1v) is 8.83. The number of aliphatic imine (C=N–C) groups is 1. The number of ether oxygens (including phenoxy) is 1. The number of aliphatic hydroxyl groups is 1. The van der Waals surface area contributed by atoms with Crippen molar-refractivity contribution in [2.24, 2.45) is 4.99 Å². The SMILES string of the molecule is CCNC(=NCc1ccc(COCC(F)(F)F)cc1)NCC(O)c1ccco1.I. The number of furan rings is 1. The Hall–Kier alpha value is -1.79. The van der Waals surface area contributed by atoms with Gasteiger partial charge in [-0.3, -0.25) is 0 Å². The molecule has 0 saturated heterocycles. The zero-order chi connectivity index (χ0) is 20.4. The predicted molar refractivity (Wildman–Crippen MR) is 114 cm³/mol. The molecule has 1 unspecified atom stereocenters. The van der Waals surface area contributed by atoms with E-state index in [0.717, 1.165) is 5.56 Å². The molecule has 1 heterocycles. The average Bonchev–Trinajstić information content (AvgIpc) is 3.18. The van der Waals surface area contributed by atoms with E-state index in [2.05, 4.69) is 20.4 Å². The molecule has 162 valence electrons. The van der Waals surface area contributed by atoms with Crippen molar-refractivity contribution in [1.82, 2.24) is 10.6 Å². The van der Waals surface area contributed by atoms with Gasteiger partial charge in [-0.15, -0.1) is 24.0 Å². The summed E-state index contributed by atoms with van der Waals surface area (Å²) in [5.74, 6) is 0.998. The molecule has 2 rings (SSSR count). The molecule has 3 N–H and O–H groups in total. The van der Waals surface area contributed by atoms with Gasteiger partial charge in [-0.25, -0.2) is 4.99 Å². The fraction of sp³-hybridized carbons (Fsp3) is 0.421. The van der Waals surface area contributed by atoms with Gasteiger partial charge in [0.05, 0.1) is 26.0 Å². The summed E-state index contributed by atoms with van der Waals surface area (Å²) < 4.78 is 46.0.